The highest BCUT2D eigenvalue weighted by atomic mass is 32.2. The van der Waals surface area contributed by atoms with Crippen molar-refractivity contribution in [2.45, 2.75) is 12.5 Å². The van der Waals surface area contributed by atoms with Crippen molar-refractivity contribution >= 4 is 15.8 Å². The number of hydrogen-bond donors (Lipinski definition) is 1. The Labute approximate surface area is 113 Å². The van der Waals surface area contributed by atoms with Crippen molar-refractivity contribution in [3.05, 3.63) is 0 Å². The number of nitrogens with one attached hydrogen (secondary N) is 1. The molecular formula is C11H21NO6S. The number of esters is 1. The summed E-state index contributed by atoms with van der Waals surface area (Å²) in [5.41, 5.74) is 0. The lowest BCUT2D eigenvalue weighted by Gasteiger charge is -2.10. The van der Waals surface area contributed by atoms with Gasteiger partial charge in [-0.1, -0.05) is 0 Å². The number of carbonyl (C=O) groups excluding carboxylic acids is 1. The zero-order valence-electron chi connectivity index (χ0n) is 11.1. The summed E-state index contributed by atoms with van der Waals surface area (Å²) in [6.45, 7) is 1.51. The molecule has 1 aliphatic heterocycles. The van der Waals surface area contributed by atoms with Gasteiger partial charge in [-0.25, -0.2) is 8.42 Å². The zero-order valence-corrected chi connectivity index (χ0v) is 11.9. The van der Waals surface area contributed by atoms with Crippen molar-refractivity contribution < 1.29 is 27.4 Å². The van der Waals surface area contributed by atoms with E-state index in [-0.39, 0.29) is 30.7 Å². The van der Waals surface area contributed by atoms with Crippen LogP contribution in [0.5, 0.6) is 0 Å². The van der Waals surface area contributed by atoms with E-state index in [1.165, 1.54) is 0 Å². The second kappa shape index (κ2) is 8.47. The lowest BCUT2D eigenvalue weighted by Crippen LogP contribution is -2.35. The van der Waals surface area contributed by atoms with Crippen LogP contribution in [-0.4, -0.2) is 72.0 Å². The number of rotatable bonds is 9. The van der Waals surface area contributed by atoms with Gasteiger partial charge in [0.2, 0.25) is 0 Å². The summed E-state index contributed by atoms with van der Waals surface area (Å²) >= 11 is 0. The molecule has 0 spiro atoms. The van der Waals surface area contributed by atoms with Gasteiger partial charge in [-0.15, -0.1) is 0 Å². The van der Waals surface area contributed by atoms with Crippen LogP contribution >= 0.6 is 0 Å². The van der Waals surface area contributed by atoms with Crippen LogP contribution in [0.1, 0.15) is 6.42 Å². The summed E-state index contributed by atoms with van der Waals surface area (Å²) in [4.78, 5) is 11.3. The Morgan fingerprint density at radius 2 is 2.00 bits per heavy atom. The van der Waals surface area contributed by atoms with Crippen molar-refractivity contribution in [2.75, 3.05) is 51.6 Å². The van der Waals surface area contributed by atoms with Crippen LogP contribution in [0.2, 0.25) is 0 Å². The molecule has 0 saturated carbocycles. The van der Waals surface area contributed by atoms with Crippen molar-refractivity contribution in [1.82, 2.24) is 5.32 Å². The van der Waals surface area contributed by atoms with Crippen molar-refractivity contribution in [3.8, 4) is 0 Å². The second-order valence-electron chi connectivity index (χ2n) is 4.31. The molecule has 0 amide bonds. The van der Waals surface area contributed by atoms with Crippen LogP contribution in [0.15, 0.2) is 0 Å². The molecule has 0 bridgehead atoms. The highest BCUT2D eigenvalue weighted by Gasteiger charge is 2.27. The predicted molar refractivity (Wildman–Crippen MR) is 68.7 cm³/mol. The first kappa shape index (κ1) is 16.4. The highest BCUT2D eigenvalue weighted by molar-refractivity contribution is 7.91. The van der Waals surface area contributed by atoms with Gasteiger partial charge in [-0.3, -0.25) is 4.79 Å². The van der Waals surface area contributed by atoms with Crippen LogP contribution < -0.4 is 5.32 Å². The molecule has 0 aliphatic carbocycles. The number of ether oxygens (including phenoxy) is 3. The lowest BCUT2D eigenvalue weighted by molar-refractivity contribution is -0.144. The molecule has 1 N–H and O–H groups in total. The quantitative estimate of drug-likeness (QED) is 0.429. The highest BCUT2D eigenvalue weighted by Crippen LogP contribution is 2.10. The molecule has 1 fully saturated rings. The molecule has 0 aromatic heterocycles. The van der Waals surface area contributed by atoms with Crippen molar-refractivity contribution in [2.24, 2.45) is 0 Å². The number of methoxy groups -OCH3 is 1. The zero-order chi connectivity index (χ0) is 14.1. The Morgan fingerprint density at radius 3 is 2.63 bits per heavy atom. The Bertz CT molecular complexity index is 369. The monoisotopic (exact) mass is 295 g/mol. The maximum Gasteiger partial charge on any atom is 0.320 e. The average molecular weight is 295 g/mol. The summed E-state index contributed by atoms with van der Waals surface area (Å²) in [6, 6.07) is -0.143. The van der Waals surface area contributed by atoms with Crippen LogP contribution in [-0.2, 0) is 28.8 Å². The van der Waals surface area contributed by atoms with E-state index in [0.717, 1.165) is 0 Å². The van der Waals surface area contributed by atoms with Gasteiger partial charge in [0.25, 0.3) is 0 Å². The van der Waals surface area contributed by atoms with E-state index in [4.69, 9.17) is 14.2 Å². The molecule has 19 heavy (non-hydrogen) atoms. The van der Waals surface area contributed by atoms with Gasteiger partial charge >= 0.3 is 5.97 Å². The van der Waals surface area contributed by atoms with Gasteiger partial charge in [-0.2, -0.15) is 0 Å². The van der Waals surface area contributed by atoms with E-state index < -0.39 is 15.8 Å². The maximum absolute atomic E-state index is 11.3. The molecule has 0 aromatic carbocycles. The minimum absolute atomic E-state index is 0.0260. The summed E-state index contributed by atoms with van der Waals surface area (Å²) in [7, 11) is -1.34. The summed E-state index contributed by atoms with van der Waals surface area (Å²) in [5, 5.41) is 2.88. The summed E-state index contributed by atoms with van der Waals surface area (Å²) in [6.07, 6.45) is 0.551. The molecule has 7 nitrogen and oxygen atoms in total. The van der Waals surface area contributed by atoms with Crippen LogP contribution in [0.4, 0.5) is 0 Å². The van der Waals surface area contributed by atoms with Gasteiger partial charge in [0.1, 0.15) is 6.61 Å². The fraction of sp³-hybridized carbons (Fsp3) is 0.909. The van der Waals surface area contributed by atoms with Gasteiger partial charge in [0, 0.05) is 13.2 Å². The third kappa shape index (κ3) is 7.46. The van der Waals surface area contributed by atoms with Gasteiger partial charge in [0.15, 0.2) is 9.84 Å². The maximum atomic E-state index is 11.3. The van der Waals surface area contributed by atoms with Gasteiger partial charge in [0.05, 0.1) is 37.9 Å². The van der Waals surface area contributed by atoms with E-state index in [0.29, 0.717) is 26.2 Å². The topological polar surface area (TPSA) is 90.9 Å². The van der Waals surface area contributed by atoms with E-state index in [2.05, 4.69) is 5.32 Å². The molecule has 0 radical (unpaired) electrons. The molecule has 8 heteroatoms. The fourth-order valence-electron chi connectivity index (χ4n) is 1.69. The average Bonchev–Trinajstić information content (AvgIpc) is 2.71. The van der Waals surface area contributed by atoms with E-state index in [9.17, 15) is 13.2 Å². The Balaban J connectivity index is 1.99. The Morgan fingerprint density at radius 1 is 1.26 bits per heavy atom. The first-order valence-corrected chi connectivity index (χ1v) is 8.02. The summed E-state index contributed by atoms with van der Waals surface area (Å²) < 4.78 is 37.2. The van der Waals surface area contributed by atoms with Crippen molar-refractivity contribution in [3.63, 3.8) is 0 Å². The molecule has 1 aliphatic rings. The normalized spacial score (nSPS) is 21.4. The van der Waals surface area contributed by atoms with Gasteiger partial charge < -0.3 is 19.5 Å². The molecule has 112 valence electrons. The Kier molecular flexibility index (Phi) is 7.29. The predicted octanol–water partition coefficient (Wildman–Crippen LogP) is -1.03. The first-order valence-electron chi connectivity index (χ1n) is 6.19. The fourth-order valence-corrected chi connectivity index (χ4v) is 3.40. The number of hydrogen-bond acceptors (Lipinski definition) is 7. The third-order valence-electron chi connectivity index (χ3n) is 2.69. The largest absolute Gasteiger partial charge is 0.462 e. The smallest absolute Gasteiger partial charge is 0.320 e. The van der Waals surface area contributed by atoms with Crippen LogP contribution in [0.3, 0.4) is 0 Å². The lowest BCUT2D eigenvalue weighted by atomic mass is 10.3. The van der Waals surface area contributed by atoms with E-state index in [1.807, 2.05) is 0 Å². The standard InChI is InChI=1S/C11H21NO6S/c1-16-3-4-17-5-6-18-11(13)8-12-10-2-7-19(14,15)9-10/h10,12H,2-9H2,1H3. The van der Waals surface area contributed by atoms with Crippen LogP contribution in [0, 0.1) is 0 Å². The minimum Gasteiger partial charge on any atom is -0.462 e. The molecule has 1 unspecified atom stereocenters. The second-order valence-corrected chi connectivity index (χ2v) is 6.54. The molecule has 1 rings (SSSR count). The van der Waals surface area contributed by atoms with Crippen molar-refractivity contribution in [1.29, 1.82) is 0 Å². The molecule has 1 saturated heterocycles. The molecule has 0 aromatic rings. The van der Waals surface area contributed by atoms with Crippen LogP contribution in [0.25, 0.3) is 0 Å². The molecule has 1 heterocycles. The first-order chi connectivity index (χ1) is 9.03. The number of carbonyl (C=O) groups is 1. The molecular weight excluding hydrogens is 274 g/mol. The summed E-state index contributed by atoms with van der Waals surface area (Å²) in [5.74, 6) is -0.118. The van der Waals surface area contributed by atoms with Gasteiger partial charge in [-0.05, 0) is 6.42 Å². The minimum atomic E-state index is -2.92. The third-order valence-corrected chi connectivity index (χ3v) is 4.46. The van der Waals surface area contributed by atoms with E-state index in [1.54, 1.807) is 7.11 Å². The SMILES string of the molecule is COCCOCCOC(=O)CNC1CCS(=O)(=O)C1. The Hall–Kier alpha value is -0.700. The van der Waals surface area contributed by atoms with E-state index >= 15 is 0 Å². The molecule has 1 atom stereocenters. The number of sulfone groups is 1.